The van der Waals surface area contributed by atoms with Crippen molar-refractivity contribution in [3.8, 4) is 5.75 Å². The van der Waals surface area contributed by atoms with Gasteiger partial charge in [-0.1, -0.05) is 6.92 Å². The van der Waals surface area contributed by atoms with E-state index in [1.807, 2.05) is 0 Å². The maximum absolute atomic E-state index is 12.8. The fraction of sp³-hybridized carbons (Fsp3) is 0.500. The Bertz CT molecular complexity index is 936. The summed E-state index contributed by atoms with van der Waals surface area (Å²) in [6, 6.07) is 3.39. The number of carbonyl (C=O) groups is 2. The second kappa shape index (κ2) is 7.66. The minimum atomic E-state index is -0.572. The first-order valence-corrected chi connectivity index (χ1v) is 10.7. The molecule has 156 valence electrons. The zero-order chi connectivity index (χ0) is 20.7. The van der Waals surface area contributed by atoms with E-state index < -0.39 is 6.10 Å². The number of aromatic nitrogens is 3. The first kappa shape index (κ1) is 19.0. The molecule has 2 aliphatic heterocycles. The third kappa shape index (κ3) is 3.62. The number of hydrogen-bond donors (Lipinski definition) is 0. The van der Waals surface area contributed by atoms with Gasteiger partial charge in [0.15, 0.2) is 11.9 Å². The van der Waals surface area contributed by atoms with Gasteiger partial charge in [0, 0.05) is 32.0 Å². The fourth-order valence-corrected chi connectivity index (χ4v) is 3.94. The summed E-state index contributed by atoms with van der Waals surface area (Å²) >= 11 is 0. The molecule has 30 heavy (non-hydrogen) atoms. The lowest BCUT2D eigenvalue weighted by Crippen LogP contribution is -2.47. The van der Waals surface area contributed by atoms with Crippen LogP contribution < -0.4 is 14.5 Å². The third-order valence-corrected chi connectivity index (χ3v) is 6.13. The molecule has 0 radical (unpaired) electrons. The molecule has 5 rings (SSSR count). The van der Waals surface area contributed by atoms with Gasteiger partial charge < -0.3 is 14.5 Å². The Morgan fingerprint density at radius 2 is 1.87 bits per heavy atom. The summed E-state index contributed by atoms with van der Waals surface area (Å²) in [5.74, 6) is 2.06. The van der Waals surface area contributed by atoms with Crippen LogP contribution in [0.3, 0.4) is 0 Å². The minimum absolute atomic E-state index is 0.0940. The van der Waals surface area contributed by atoms with Gasteiger partial charge in [-0.3, -0.25) is 9.59 Å². The zero-order valence-electron chi connectivity index (χ0n) is 17.0. The molecule has 1 amide bonds. The fourth-order valence-electron chi connectivity index (χ4n) is 3.94. The summed E-state index contributed by atoms with van der Waals surface area (Å²) in [6.07, 6.45) is 8.03. The van der Waals surface area contributed by atoms with Gasteiger partial charge in [-0.25, -0.2) is 15.0 Å². The van der Waals surface area contributed by atoms with Crippen LogP contribution in [0.25, 0.3) is 0 Å². The predicted octanol–water partition coefficient (Wildman–Crippen LogP) is 2.49. The molecule has 4 heterocycles. The van der Waals surface area contributed by atoms with Crippen LogP contribution in [0.2, 0.25) is 0 Å². The number of Topliss-reactive ketones (excluding diaryl/α,β-unsaturated/α-hetero) is 1. The van der Waals surface area contributed by atoms with E-state index in [4.69, 9.17) is 4.74 Å². The predicted molar refractivity (Wildman–Crippen MR) is 111 cm³/mol. The molecule has 0 spiro atoms. The molecule has 1 atom stereocenters. The van der Waals surface area contributed by atoms with Crippen LogP contribution >= 0.6 is 0 Å². The first-order chi connectivity index (χ1) is 14.6. The quantitative estimate of drug-likeness (QED) is 0.652. The topological polar surface area (TPSA) is 88.5 Å². The van der Waals surface area contributed by atoms with Gasteiger partial charge in [-0.05, 0) is 37.3 Å². The van der Waals surface area contributed by atoms with Crippen molar-refractivity contribution in [1.82, 2.24) is 15.0 Å². The number of carbonyl (C=O) groups excluding carboxylic acids is 2. The molecule has 2 aromatic rings. The molecule has 3 aliphatic rings. The molecular formula is C22H25N5O3. The van der Waals surface area contributed by atoms with E-state index >= 15 is 0 Å². The lowest BCUT2D eigenvalue weighted by atomic mass is 9.98. The highest BCUT2D eigenvalue weighted by atomic mass is 16.5. The average Bonchev–Trinajstić information content (AvgIpc) is 3.53. The van der Waals surface area contributed by atoms with Crippen LogP contribution in [0.1, 0.15) is 43.1 Å². The highest BCUT2D eigenvalue weighted by Crippen LogP contribution is 2.32. The van der Waals surface area contributed by atoms with Gasteiger partial charge in [-0.15, -0.1) is 0 Å². The Morgan fingerprint density at radius 3 is 2.50 bits per heavy atom. The summed E-state index contributed by atoms with van der Waals surface area (Å²) in [4.78, 5) is 41.8. The molecular weight excluding hydrogens is 382 g/mol. The number of hydrogen-bond acceptors (Lipinski definition) is 7. The summed E-state index contributed by atoms with van der Waals surface area (Å²) in [6.45, 7) is 4.74. The molecule has 8 heteroatoms. The monoisotopic (exact) mass is 407 g/mol. The molecule has 0 aromatic carbocycles. The molecule has 0 bridgehead atoms. The number of ether oxygens (including phenoxy) is 1. The molecule has 3 fully saturated rings. The van der Waals surface area contributed by atoms with Gasteiger partial charge in [0.1, 0.15) is 11.4 Å². The smallest absolute Gasteiger partial charge is 0.268 e. The van der Waals surface area contributed by atoms with E-state index in [-0.39, 0.29) is 17.6 Å². The van der Waals surface area contributed by atoms with E-state index in [2.05, 4.69) is 26.8 Å². The van der Waals surface area contributed by atoms with E-state index in [0.717, 1.165) is 37.8 Å². The Hall–Kier alpha value is -3.03. The van der Waals surface area contributed by atoms with Crippen molar-refractivity contribution in [2.45, 2.75) is 38.7 Å². The van der Waals surface area contributed by atoms with Crippen molar-refractivity contribution in [3.63, 3.8) is 0 Å². The Morgan fingerprint density at radius 1 is 1.10 bits per heavy atom. The van der Waals surface area contributed by atoms with Gasteiger partial charge in [0.25, 0.3) is 5.91 Å². The molecule has 0 unspecified atom stereocenters. The maximum atomic E-state index is 12.8. The van der Waals surface area contributed by atoms with Crippen LogP contribution in [0, 0.1) is 11.8 Å². The molecule has 1 aliphatic carbocycles. The lowest BCUT2D eigenvalue weighted by Gasteiger charge is -2.38. The van der Waals surface area contributed by atoms with Crippen molar-refractivity contribution < 1.29 is 14.3 Å². The van der Waals surface area contributed by atoms with Crippen molar-refractivity contribution in [2.24, 2.45) is 11.8 Å². The summed E-state index contributed by atoms with van der Waals surface area (Å²) in [5, 5.41) is 0. The van der Waals surface area contributed by atoms with E-state index in [1.165, 1.54) is 12.6 Å². The Kier molecular flexibility index (Phi) is 4.84. The van der Waals surface area contributed by atoms with Crippen molar-refractivity contribution in [2.75, 3.05) is 29.4 Å². The van der Waals surface area contributed by atoms with Crippen LogP contribution in [0.4, 0.5) is 11.6 Å². The van der Waals surface area contributed by atoms with Crippen LogP contribution in [0.15, 0.2) is 30.7 Å². The summed E-state index contributed by atoms with van der Waals surface area (Å²) < 4.78 is 5.85. The number of ketones is 1. The second-order valence-corrected chi connectivity index (χ2v) is 8.32. The minimum Gasteiger partial charge on any atom is -0.479 e. The lowest BCUT2D eigenvalue weighted by molar-refractivity contribution is -0.122. The van der Waals surface area contributed by atoms with Gasteiger partial charge in [0.2, 0.25) is 5.95 Å². The van der Waals surface area contributed by atoms with E-state index in [1.54, 1.807) is 29.4 Å². The molecule has 2 saturated heterocycles. The zero-order valence-corrected chi connectivity index (χ0v) is 17.0. The van der Waals surface area contributed by atoms with Crippen molar-refractivity contribution >= 4 is 23.3 Å². The standard InChI is InChI=1S/C22H25N5O3/c1-2-14-12-26(13-14)22-24-9-16(10-25-22)27-8-7-19(21(27)29)30-17-5-6-18(23-11-17)20(28)15-3-4-15/h5-6,9-11,14-15,19H,2-4,7-8,12-13H2,1H3/t19-/m1/s1. The van der Waals surface area contributed by atoms with Crippen LogP contribution in [-0.4, -0.2) is 52.4 Å². The maximum Gasteiger partial charge on any atom is 0.268 e. The normalized spacial score (nSPS) is 21.6. The highest BCUT2D eigenvalue weighted by Gasteiger charge is 2.35. The van der Waals surface area contributed by atoms with Crippen molar-refractivity contribution in [1.29, 1.82) is 0 Å². The molecule has 1 saturated carbocycles. The SMILES string of the molecule is CCC1CN(c2ncc(N3CC[C@@H](Oc4ccc(C(=O)C5CC5)nc4)C3=O)cn2)C1. The highest BCUT2D eigenvalue weighted by molar-refractivity contribution is 5.99. The van der Waals surface area contributed by atoms with E-state index in [0.29, 0.717) is 30.1 Å². The largest absolute Gasteiger partial charge is 0.479 e. The number of amides is 1. The number of rotatable bonds is 7. The van der Waals surface area contributed by atoms with Crippen LogP contribution in [0.5, 0.6) is 5.75 Å². The van der Waals surface area contributed by atoms with Gasteiger partial charge >= 0.3 is 0 Å². The second-order valence-electron chi connectivity index (χ2n) is 8.32. The van der Waals surface area contributed by atoms with Crippen LogP contribution in [-0.2, 0) is 4.79 Å². The first-order valence-electron chi connectivity index (χ1n) is 10.7. The summed E-state index contributed by atoms with van der Waals surface area (Å²) in [7, 11) is 0. The molecule has 0 N–H and O–H groups in total. The van der Waals surface area contributed by atoms with Gasteiger partial charge in [-0.2, -0.15) is 0 Å². The number of pyridine rings is 1. The molecule has 8 nitrogen and oxygen atoms in total. The van der Waals surface area contributed by atoms with Gasteiger partial charge in [0.05, 0.1) is 24.3 Å². The van der Waals surface area contributed by atoms with E-state index in [9.17, 15) is 9.59 Å². The van der Waals surface area contributed by atoms with Crippen molar-refractivity contribution in [3.05, 3.63) is 36.4 Å². The third-order valence-electron chi connectivity index (χ3n) is 6.13. The number of nitrogens with zero attached hydrogens (tertiary/aromatic N) is 5. The molecule has 2 aromatic heterocycles. The average molecular weight is 407 g/mol. The Balaban J connectivity index is 1.19. The Labute approximate surface area is 175 Å². The number of anilines is 2. The summed E-state index contributed by atoms with van der Waals surface area (Å²) in [5.41, 5.74) is 1.15.